The summed E-state index contributed by atoms with van der Waals surface area (Å²) < 4.78 is 0.374. The van der Waals surface area contributed by atoms with E-state index >= 15 is 0 Å². The minimum atomic E-state index is 0.374. The van der Waals surface area contributed by atoms with E-state index in [-0.39, 0.29) is 0 Å². The highest BCUT2D eigenvalue weighted by Crippen LogP contribution is 2.42. The molecule has 1 fully saturated rings. The summed E-state index contributed by atoms with van der Waals surface area (Å²) in [6.45, 7) is 0.856. The minimum absolute atomic E-state index is 0.374. The molecule has 1 aliphatic carbocycles. The number of aliphatic imine (C=N–C) groups is 1. The Kier molecular flexibility index (Phi) is 3.54. The predicted molar refractivity (Wildman–Crippen MR) is 72.1 cm³/mol. The number of nitrogens with zero attached hydrogens (tertiary/aromatic N) is 1. The van der Waals surface area contributed by atoms with Crippen LogP contribution in [0.2, 0.25) is 0 Å². The zero-order chi connectivity index (χ0) is 11.4. The Balaban J connectivity index is 2.02. The Bertz CT molecular complexity index is 363. The molecule has 0 bridgehead atoms. The second-order valence-electron chi connectivity index (χ2n) is 4.31. The van der Waals surface area contributed by atoms with E-state index < -0.39 is 0 Å². The Morgan fingerprint density at radius 3 is 2.56 bits per heavy atom. The number of amidine groups is 1. The van der Waals surface area contributed by atoms with Gasteiger partial charge in [0.2, 0.25) is 0 Å². The molecule has 3 heteroatoms. The van der Waals surface area contributed by atoms with Crippen molar-refractivity contribution >= 4 is 17.6 Å². The summed E-state index contributed by atoms with van der Waals surface area (Å²) in [5.74, 6) is 0.668. The van der Waals surface area contributed by atoms with Crippen molar-refractivity contribution in [1.29, 1.82) is 0 Å². The highest BCUT2D eigenvalue weighted by atomic mass is 32.2. The molecule has 0 radical (unpaired) electrons. The standard InChI is InChI=1S/C13H18N2S/c1-16-13(8-5-9-13)10-15-12(14)11-6-3-2-4-7-11/h2-4,6-7H,5,8-10H2,1H3,(H2,14,15). The molecule has 16 heavy (non-hydrogen) atoms. The summed E-state index contributed by atoms with van der Waals surface area (Å²) in [7, 11) is 0. The SMILES string of the molecule is CSC1(CN=C(N)c2ccccc2)CCC1. The molecule has 1 aromatic rings. The first-order valence-electron chi connectivity index (χ1n) is 5.66. The smallest absolute Gasteiger partial charge is 0.125 e. The van der Waals surface area contributed by atoms with Gasteiger partial charge in [0, 0.05) is 10.3 Å². The van der Waals surface area contributed by atoms with Crippen molar-refractivity contribution < 1.29 is 0 Å². The average Bonchev–Trinajstić information content (AvgIpc) is 2.29. The summed E-state index contributed by atoms with van der Waals surface area (Å²) in [6, 6.07) is 9.99. The fourth-order valence-electron chi connectivity index (χ4n) is 1.93. The lowest BCUT2D eigenvalue weighted by Crippen LogP contribution is -2.37. The van der Waals surface area contributed by atoms with E-state index in [4.69, 9.17) is 5.73 Å². The molecule has 0 spiro atoms. The lowest BCUT2D eigenvalue weighted by Gasteiger charge is -2.39. The second-order valence-corrected chi connectivity index (χ2v) is 5.58. The third-order valence-electron chi connectivity index (χ3n) is 3.30. The second kappa shape index (κ2) is 4.91. The van der Waals surface area contributed by atoms with Gasteiger partial charge >= 0.3 is 0 Å². The van der Waals surface area contributed by atoms with E-state index in [1.165, 1.54) is 19.3 Å². The molecular formula is C13H18N2S. The number of hydrogen-bond acceptors (Lipinski definition) is 2. The highest BCUT2D eigenvalue weighted by molar-refractivity contribution is 8.00. The average molecular weight is 234 g/mol. The van der Waals surface area contributed by atoms with Crippen molar-refractivity contribution in [2.75, 3.05) is 12.8 Å². The van der Waals surface area contributed by atoms with Gasteiger partial charge in [0.05, 0.1) is 6.54 Å². The van der Waals surface area contributed by atoms with Gasteiger partial charge in [-0.3, -0.25) is 4.99 Å². The number of rotatable bonds is 4. The van der Waals surface area contributed by atoms with Crippen molar-refractivity contribution in [2.45, 2.75) is 24.0 Å². The Labute approximate surface area is 101 Å². The molecule has 0 heterocycles. The van der Waals surface area contributed by atoms with E-state index in [1.54, 1.807) is 0 Å². The molecule has 1 aromatic carbocycles. The lowest BCUT2D eigenvalue weighted by molar-refractivity contribution is 0.372. The maximum atomic E-state index is 5.98. The fourth-order valence-corrected chi connectivity index (χ4v) is 2.82. The van der Waals surface area contributed by atoms with Gasteiger partial charge in [-0.15, -0.1) is 0 Å². The van der Waals surface area contributed by atoms with E-state index in [2.05, 4.69) is 11.2 Å². The summed E-state index contributed by atoms with van der Waals surface area (Å²) in [6.07, 6.45) is 6.06. The van der Waals surface area contributed by atoms with Crippen LogP contribution in [0.25, 0.3) is 0 Å². The van der Waals surface area contributed by atoms with Crippen LogP contribution in [0.4, 0.5) is 0 Å². The number of hydrogen-bond donors (Lipinski definition) is 1. The van der Waals surface area contributed by atoms with Crippen molar-refractivity contribution in [3.05, 3.63) is 35.9 Å². The monoisotopic (exact) mass is 234 g/mol. The van der Waals surface area contributed by atoms with Crippen LogP contribution in [0.5, 0.6) is 0 Å². The Hall–Kier alpha value is -0.960. The summed E-state index contributed by atoms with van der Waals surface area (Å²) in [5.41, 5.74) is 7.00. The van der Waals surface area contributed by atoms with Crippen LogP contribution in [-0.2, 0) is 0 Å². The zero-order valence-corrected chi connectivity index (χ0v) is 10.5. The minimum Gasteiger partial charge on any atom is -0.384 e. The van der Waals surface area contributed by atoms with Gasteiger partial charge < -0.3 is 5.73 Å². The molecule has 86 valence electrons. The first-order valence-corrected chi connectivity index (χ1v) is 6.89. The molecule has 2 rings (SSSR count). The summed E-state index contributed by atoms with van der Waals surface area (Å²) >= 11 is 1.93. The normalized spacial score (nSPS) is 19.2. The summed E-state index contributed by atoms with van der Waals surface area (Å²) in [4.78, 5) is 4.53. The lowest BCUT2D eigenvalue weighted by atomic mass is 9.84. The van der Waals surface area contributed by atoms with Gasteiger partial charge in [-0.1, -0.05) is 36.8 Å². The molecule has 1 aliphatic rings. The molecule has 1 saturated carbocycles. The largest absolute Gasteiger partial charge is 0.384 e. The van der Waals surface area contributed by atoms with Gasteiger partial charge in [0.15, 0.2) is 0 Å². The van der Waals surface area contributed by atoms with Crippen LogP contribution in [0.3, 0.4) is 0 Å². The van der Waals surface area contributed by atoms with Crippen LogP contribution >= 0.6 is 11.8 Å². The maximum Gasteiger partial charge on any atom is 0.125 e. The van der Waals surface area contributed by atoms with Gasteiger partial charge in [-0.25, -0.2) is 0 Å². The van der Waals surface area contributed by atoms with Crippen LogP contribution in [0.15, 0.2) is 35.3 Å². The third kappa shape index (κ3) is 2.40. The summed E-state index contributed by atoms with van der Waals surface area (Å²) in [5, 5.41) is 0. The van der Waals surface area contributed by atoms with Gasteiger partial charge in [-0.05, 0) is 19.1 Å². The van der Waals surface area contributed by atoms with Crippen LogP contribution in [-0.4, -0.2) is 23.4 Å². The molecule has 0 unspecified atom stereocenters. The van der Waals surface area contributed by atoms with E-state index in [0.29, 0.717) is 10.6 Å². The highest BCUT2D eigenvalue weighted by Gasteiger charge is 2.35. The van der Waals surface area contributed by atoms with Gasteiger partial charge in [-0.2, -0.15) is 11.8 Å². The first kappa shape index (κ1) is 11.5. The molecule has 0 amide bonds. The Morgan fingerprint density at radius 2 is 2.06 bits per heavy atom. The molecule has 0 saturated heterocycles. The Morgan fingerprint density at radius 1 is 1.38 bits per heavy atom. The number of thioether (sulfide) groups is 1. The van der Waals surface area contributed by atoms with Crippen LogP contribution < -0.4 is 5.73 Å². The molecule has 0 aliphatic heterocycles. The van der Waals surface area contributed by atoms with Crippen molar-refractivity contribution in [1.82, 2.24) is 0 Å². The molecule has 2 nitrogen and oxygen atoms in total. The van der Waals surface area contributed by atoms with Crippen LogP contribution in [0, 0.1) is 0 Å². The molecule has 2 N–H and O–H groups in total. The van der Waals surface area contributed by atoms with E-state index in [1.807, 2.05) is 42.1 Å². The predicted octanol–water partition coefficient (Wildman–Crippen LogP) is 2.68. The first-order chi connectivity index (χ1) is 7.76. The fraction of sp³-hybridized carbons (Fsp3) is 0.462. The van der Waals surface area contributed by atoms with Crippen LogP contribution in [0.1, 0.15) is 24.8 Å². The number of nitrogens with two attached hydrogens (primary N) is 1. The molecule has 0 atom stereocenters. The third-order valence-corrected chi connectivity index (χ3v) is 4.71. The molecular weight excluding hydrogens is 216 g/mol. The number of benzene rings is 1. The topological polar surface area (TPSA) is 38.4 Å². The van der Waals surface area contributed by atoms with E-state index in [9.17, 15) is 0 Å². The van der Waals surface area contributed by atoms with Crippen molar-refractivity contribution in [2.24, 2.45) is 10.7 Å². The van der Waals surface area contributed by atoms with E-state index in [0.717, 1.165) is 12.1 Å². The van der Waals surface area contributed by atoms with Crippen molar-refractivity contribution in [3.8, 4) is 0 Å². The zero-order valence-electron chi connectivity index (χ0n) is 9.65. The van der Waals surface area contributed by atoms with Crippen molar-refractivity contribution in [3.63, 3.8) is 0 Å². The quantitative estimate of drug-likeness (QED) is 0.642. The maximum absolute atomic E-state index is 5.98. The van der Waals surface area contributed by atoms with Gasteiger partial charge in [0.1, 0.15) is 5.84 Å². The van der Waals surface area contributed by atoms with Gasteiger partial charge in [0.25, 0.3) is 0 Å². The molecule has 0 aromatic heterocycles.